The van der Waals surface area contributed by atoms with Crippen LogP contribution in [0.3, 0.4) is 0 Å². The molecule has 1 atom stereocenters. The number of halogens is 1. The monoisotopic (exact) mass is 375 g/mol. The van der Waals surface area contributed by atoms with E-state index in [-0.39, 0.29) is 11.8 Å². The molecule has 0 unspecified atom stereocenters. The number of nitrogens with zero attached hydrogens (tertiary/aromatic N) is 2. The predicted octanol–water partition coefficient (Wildman–Crippen LogP) is 2.90. The summed E-state index contributed by atoms with van der Waals surface area (Å²) in [6.07, 6.45) is 3.32. The SMILES string of the molecule is N#CC1=C(N)Oc2cnccc2[C@H]1c1cccc(I)c1. The van der Waals surface area contributed by atoms with E-state index in [1.165, 1.54) is 0 Å². The molecule has 0 saturated heterocycles. The average Bonchev–Trinajstić information content (AvgIpc) is 2.45. The number of benzene rings is 1. The summed E-state index contributed by atoms with van der Waals surface area (Å²) < 4.78 is 6.60. The smallest absolute Gasteiger partial charge is 0.205 e. The van der Waals surface area contributed by atoms with E-state index in [1.807, 2.05) is 30.3 Å². The van der Waals surface area contributed by atoms with E-state index in [0.29, 0.717) is 11.3 Å². The highest BCUT2D eigenvalue weighted by molar-refractivity contribution is 14.1. The summed E-state index contributed by atoms with van der Waals surface area (Å²) in [5.41, 5.74) is 8.24. The highest BCUT2D eigenvalue weighted by Gasteiger charge is 2.30. The second kappa shape index (κ2) is 5.13. The Morgan fingerprint density at radius 1 is 1.35 bits per heavy atom. The maximum absolute atomic E-state index is 9.40. The molecule has 4 nitrogen and oxygen atoms in total. The molecule has 0 fully saturated rings. The Hall–Kier alpha value is -2.07. The molecule has 0 spiro atoms. The van der Waals surface area contributed by atoms with Gasteiger partial charge < -0.3 is 10.5 Å². The second-order valence-electron chi connectivity index (χ2n) is 4.39. The minimum absolute atomic E-state index is 0.150. The van der Waals surface area contributed by atoms with Gasteiger partial charge in [0.2, 0.25) is 5.88 Å². The van der Waals surface area contributed by atoms with Crippen LogP contribution in [0.2, 0.25) is 0 Å². The van der Waals surface area contributed by atoms with Gasteiger partial charge >= 0.3 is 0 Å². The van der Waals surface area contributed by atoms with Gasteiger partial charge in [-0.3, -0.25) is 4.98 Å². The van der Waals surface area contributed by atoms with Crippen molar-refractivity contribution >= 4 is 22.6 Å². The van der Waals surface area contributed by atoms with Gasteiger partial charge in [-0.05, 0) is 46.4 Å². The van der Waals surface area contributed by atoms with Crippen LogP contribution in [-0.4, -0.2) is 4.98 Å². The van der Waals surface area contributed by atoms with Gasteiger partial charge in [-0.1, -0.05) is 12.1 Å². The number of ether oxygens (including phenoxy) is 1. The zero-order valence-electron chi connectivity index (χ0n) is 10.4. The Labute approximate surface area is 130 Å². The predicted molar refractivity (Wildman–Crippen MR) is 82.7 cm³/mol. The largest absolute Gasteiger partial charge is 0.439 e. The Kier molecular flexibility index (Phi) is 3.32. The van der Waals surface area contributed by atoms with E-state index in [9.17, 15) is 5.26 Å². The van der Waals surface area contributed by atoms with Crippen molar-refractivity contribution in [3.05, 3.63) is 68.9 Å². The number of hydrogen-bond acceptors (Lipinski definition) is 4. The summed E-state index contributed by atoms with van der Waals surface area (Å²) >= 11 is 2.25. The zero-order valence-corrected chi connectivity index (χ0v) is 12.5. The molecule has 3 rings (SSSR count). The molecule has 0 saturated carbocycles. The molecule has 2 aromatic rings. The van der Waals surface area contributed by atoms with Crippen LogP contribution in [0.15, 0.2) is 54.2 Å². The maximum atomic E-state index is 9.40. The third-order valence-electron chi connectivity index (χ3n) is 3.20. The van der Waals surface area contributed by atoms with Gasteiger partial charge in [0.15, 0.2) is 5.75 Å². The lowest BCUT2D eigenvalue weighted by Crippen LogP contribution is -2.21. The molecule has 5 heteroatoms. The normalized spacial score (nSPS) is 17.1. The fraction of sp³-hybridized carbons (Fsp3) is 0.0667. The van der Waals surface area contributed by atoms with Crippen molar-refractivity contribution in [2.24, 2.45) is 5.73 Å². The molecule has 0 bridgehead atoms. The fourth-order valence-electron chi connectivity index (χ4n) is 2.34. The summed E-state index contributed by atoms with van der Waals surface area (Å²) in [4.78, 5) is 4.04. The van der Waals surface area contributed by atoms with E-state index >= 15 is 0 Å². The van der Waals surface area contributed by atoms with Crippen LogP contribution < -0.4 is 10.5 Å². The van der Waals surface area contributed by atoms with E-state index < -0.39 is 0 Å². The zero-order chi connectivity index (χ0) is 14.1. The van der Waals surface area contributed by atoms with Gasteiger partial charge in [0, 0.05) is 15.3 Å². The minimum Gasteiger partial charge on any atom is -0.439 e. The molecule has 0 amide bonds. The molecular weight excluding hydrogens is 365 g/mol. The highest BCUT2D eigenvalue weighted by Crippen LogP contribution is 2.41. The van der Waals surface area contributed by atoms with Crippen molar-refractivity contribution in [1.82, 2.24) is 4.98 Å². The first-order valence-electron chi connectivity index (χ1n) is 5.97. The molecule has 1 aromatic heterocycles. The maximum Gasteiger partial charge on any atom is 0.205 e. The Morgan fingerprint density at radius 2 is 2.20 bits per heavy atom. The highest BCUT2D eigenvalue weighted by atomic mass is 127. The third-order valence-corrected chi connectivity index (χ3v) is 3.87. The lowest BCUT2D eigenvalue weighted by atomic mass is 9.84. The topological polar surface area (TPSA) is 71.9 Å². The van der Waals surface area contributed by atoms with Crippen molar-refractivity contribution in [2.45, 2.75) is 5.92 Å². The van der Waals surface area contributed by atoms with E-state index in [0.717, 1.165) is 14.7 Å². The van der Waals surface area contributed by atoms with Crippen molar-refractivity contribution < 1.29 is 4.74 Å². The molecular formula is C15H10IN3O. The quantitative estimate of drug-likeness (QED) is 0.779. The van der Waals surface area contributed by atoms with Gasteiger partial charge in [0.25, 0.3) is 0 Å². The first-order chi connectivity index (χ1) is 9.70. The lowest BCUT2D eigenvalue weighted by Gasteiger charge is -2.26. The summed E-state index contributed by atoms with van der Waals surface area (Å²) in [5, 5.41) is 9.40. The Balaban J connectivity index is 2.23. The number of rotatable bonds is 1. The van der Waals surface area contributed by atoms with Crippen molar-refractivity contribution in [3.63, 3.8) is 0 Å². The van der Waals surface area contributed by atoms with E-state index in [2.05, 4.69) is 33.6 Å². The van der Waals surface area contributed by atoms with Crippen LogP contribution in [-0.2, 0) is 0 Å². The van der Waals surface area contributed by atoms with Crippen LogP contribution >= 0.6 is 22.6 Å². The second-order valence-corrected chi connectivity index (χ2v) is 5.64. The number of aromatic nitrogens is 1. The molecule has 1 aliphatic heterocycles. The fourth-order valence-corrected chi connectivity index (χ4v) is 2.90. The molecule has 20 heavy (non-hydrogen) atoms. The summed E-state index contributed by atoms with van der Waals surface area (Å²) in [6.45, 7) is 0. The molecule has 2 N–H and O–H groups in total. The first-order valence-corrected chi connectivity index (χ1v) is 7.05. The van der Waals surface area contributed by atoms with Gasteiger partial charge in [0.05, 0.1) is 12.1 Å². The van der Waals surface area contributed by atoms with Gasteiger partial charge in [-0.15, -0.1) is 0 Å². The average molecular weight is 375 g/mol. The third kappa shape index (κ3) is 2.12. The van der Waals surface area contributed by atoms with Crippen LogP contribution in [0.4, 0.5) is 0 Å². The van der Waals surface area contributed by atoms with Crippen molar-refractivity contribution in [1.29, 1.82) is 5.26 Å². The number of nitrogens with two attached hydrogens (primary N) is 1. The number of pyridine rings is 1. The summed E-state index contributed by atoms with van der Waals surface area (Å²) in [5.74, 6) is 0.547. The van der Waals surface area contributed by atoms with Gasteiger partial charge in [0.1, 0.15) is 11.6 Å². The minimum atomic E-state index is -0.207. The lowest BCUT2D eigenvalue weighted by molar-refractivity contribution is 0.392. The van der Waals surface area contributed by atoms with Crippen molar-refractivity contribution in [3.8, 4) is 11.8 Å². The van der Waals surface area contributed by atoms with Gasteiger partial charge in [-0.2, -0.15) is 5.26 Å². The number of hydrogen-bond donors (Lipinski definition) is 1. The number of allylic oxidation sites excluding steroid dienone is 1. The molecule has 1 aromatic carbocycles. The van der Waals surface area contributed by atoms with Crippen LogP contribution in [0, 0.1) is 14.9 Å². The Bertz CT molecular complexity index is 749. The van der Waals surface area contributed by atoms with Crippen molar-refractivity contribution in [2.75, 3.05) is 0 Å². The first kappa shape index (κ1) is 12.9. The number of fused-ring (bicyclic) bond motifs is 1. The molecule has 0 aliphatic carbocycles. The molecule has 0 radical (unpaired) electrons. The number of nitriles is 1. The van der Waals surface area contributed by atoms with Crippen LogP contribution in [0.5, 0.6) is 5.75 Å². The summed E-state index contributed by atoms with van der Waals surface area (Å²) in [6, 6.07) is 12.1. The van der Waals surface area contributed by atoms with Crippen LogP contribution in [0.1, 0.15) is 17.0 Å². The molecule has 98 valence electrons. The van der Waals surface area contributed by atoms with Crippen LogP contribution in [0.25, 0.3) is 0 Å². The molecule has 1 aliphatic rings. The Morgan fingerprint density at radius 3 is 2.95 bits per heavy atom. The summed E-state index contributed by atoms with van der Waals surface area (Å²) in [7, 11) is 0. The van der Waals surface area contributed by atoms with Gasteiger partial charge in [-0.25, -0.2) is 0 Å². The van der Waals surface area contributed by atoms with E-state index in [4.69, 9.17) is 10.5 Å². The molecule has 2 heterocycles. The van der Waals surface area contributed by atoms with E-state index in [1.54, 1.807) is 12.4 Å². The standard InChI is InChI=1S/C15H10IN3O/c16-10-3-1-2-9(6-10)14-11-4-5-19-8-13(11)20-15(18)12(14)7-17/h1-6,8,14H,18H2/t14-/m1/s1.